The second kappa shape index (κ2) is 8.37. The summed E-state index contributed by atoms with van der Waals surface area (Å²) in [4.78, 5) is 12.9. The van der Waals surface area contributed by atoms with Gasteiger partial charge in [-0.05, 0) is 78.7 Å². The summed E-state index contributed by atoms with van der Waals surface area (Å²) in [6.45, 7) is 6.00. The van der Waals surface area contributed by atoms with E-state index in [4.69, 9.17) is 4.74 Å². The van der Waals surface area contributed by atoms with Crippen molar-refractivity contribution in [1.29, 1.82) is 0 Å². The van der Waals surface area contributed by atoms with Gasteiger partial charge in [-0.25, -0.2) is 4.68 Å². The molecule has 152 valence electrons. The van der Waals surface area contributed by atoms with Gasteiger partial charge in [0.15, 0.2) is 5.82 Å². The largest absolute Gasteiger partial charge is 0.438 e. The summed E-state index contributed by atoms with van der Waals surface area (Å²) in [5.41, 5.74) is 3.81. The Hall–Kier alpha value is -3.04. The molecule has 0 fully saturated rings. The van der Waals surface area contributed by atoms with E-state index >= 15 is 0 Å². The van der Waals surface area contributed by atoms with Gasteiger partial charge in [-0.1, -0.05) is 0 Å². The number of aromatic nitrogens is 4. The first kappa shape index (κ1) is 20.2. The second-order valence-electron chi connectivity index (χ2n) is 6.65. The molecular formula is C21H18BrN5O2S. The van der Waals surface area contributed by atoms with Gasteiger partial charge in [0.1, 0.15) is 5.75 Å². The third-order valence-corrected chi connectivity index (χ3v) is 6.31. The monoisotopic (exact) mass is 483 g/mol. The molecule has 0 saturated heterocycles. The van der Waals surface area contributed by atoms with Crippen LogP contribution in [-0.2, 0) is 0 Å². The molecule has 0 aliphatic carbocycles. The minimum absolute atomic E-state index is 0.153. The number of halogens is 1. The summed E-state index contributed by atoms with van der Waals surface area (Å²) in [6.07, 6.45) is 0. The van der Waals surface area contributed by atoms with Crippen molar-refractivity contribution in [3.8, 4) is 17.4 Å². The molecule has 0 radical (unpaired) electrons. The van der Waals surface area contributed by atoms with Gasteiger partial charge < -0.3 is 10.1 Å². The van der Waals surface area contributed by atoms with Crippen molar-refractivity contribution in [2.24, 2.45) is 0 Å². The van der Waals surface area contributed by atoms with Gasteiger partial charge in [0, 0.05) is 27.3 Å². The fraction of sp³-hybridized carbons (Fsp3) is 0.143. The molecule has 0 unspecified atom stereocenters. The van der Waals surface area contributed by atoms with Gasteiger partial charge in [0.2, 0.25) is 5.88 Å². The molecule has 1 amide bonds. The zero-order valence-corrected chi connectivity index (χ0v) is 18.9. The van der Waals surface area contributed by atoms with Gasteiger partial charge in [0.25, 0.3) is 5.91 Å². The van der Waals surface area contributed by atoms with Crippen LogP contribution in [0.5, 0.6) is 11.6 Å². The van der Waals surface area contributed by atoms with Gasteiger partial charge in [0.05, 0.1) is 10.6 Å². The summed E-state index contributed by atoms with van der Waals surface area (Å²) < 4.78 is 8.42. The number of carbonyl (C=O) groups is 1. The highest BCUT2D eigenvalue weighted by Gasteiger charge is 2.11. The second-order valence-corrected chi connectivity index (χ2v) is 8.47. The number of carbonyl (C=O) groups excluding carboxylic acids is 1. The Morgan fingerprint density at radius 1 is 1.10 bits per heavy atom. The van der Waals surface area contributed by atoms with Crippen molar-refractivity contribution < 1.29 is 9.53 Å². The fourth-order valence-corrected chi connectivity index (χ4v) is 4.10. The first-order valence-electron chi connectivity index (χ1n) is 9.11. The topological polar surface area (TPSA) is 81.9 Å². The predicted molar refractivity (Wildman–Crippen MR) is 120 cm³/mol. The molecule has 1 aromatic carbocycles. The molecule has 0 bridgehead atoms. The van der Waals surface area contributed by atoms with E-state index in [0.717, 1.165) is 21.4 Å². The van der Waals surface area contributed by atoms with E-state index in [0.29, 0.717) is 28.0 Å². The number of rotatable bonds is 5. The number of nitrogens with one attached hydrogen (secondary N) is 1. The molecule has 0 spiro atoms. The first-order chi connectivity index (χ1) is 14.4. The van der Waals surface area contributed by atoms with Crippen LogP contribution in [0.3, 0.4) is 0 Å². The van der Waals surface area contributed by atoms with Crippen molar-refractivity contribution in [2.75, 3.05) is 5.32 Å². The van der Waals surface area contributed by atoms with Gasteiger partial charge >= 0.3 is 0 Å². The molecule has 9 heteroatoms. The van der Waals surface area contributed by atoms with Gasteiger partial charge in [-0.3, -0.25) is 4.79 Å². The Morgan fingerprint density at radius 3 is 2.43 bits per heavy atom. The van der Waals surface area contributed by atoms with E-state index in [9.17, 15) is 4.79 Å². The molecule has 7 nitrogen and oxygen atoms in total. The van der Waals surface area contributed by atoms with Crippen LogP contribution in [0.25, 0.3) is 5.82 Å². The highest BCUT2D eigenvalue weighted by molar-refractivity contribution is 9.10. The fourth-order valence-electron chi connectivity index (χ4n) is 2.78. The molecule has 1 N–H and O–H groups in total. The number of hydrogen-bond acceptors (Lipinski definition) is 6. The van der Waals surface area contributed by atoms with Crippen molar-refractivity contribution in [3.05, 3.63) is 74.1 Å². The number of benzene rings is 1. The van der Waals surface area contributed by atoms with Crippen molar-refractivity contribution in [2.45, 2.75) is 20.8 Å². The van der Waals surface area contributed by atoms with E-state index in [2.05, 4.69) is 36.5 Å². The van der Waals surface area contributed by atoms with Crippen LogP contribution in [0.1, 0.15) is 26.6 Å². The molecule has 4 aromatic rings. The molecule has 3 heterocycles. The average Bonchev–Trinajstić information content (AvgIpc) is 3.29. The Kier molecular flexibility index (Phi) is 5.65. The first-order valence-corrected chi connectivity index (χ1v) is 10.8. The highest BCUT2D eigenvalue weighted by Crippen LogP contribution is 2.24. The molecule has 30 heavy (non-hydrogen) atoms. The van der Waals surface area contributed by atoms with E-state index in [1.807, 2.05) is 32.2 Å². The molecule has 0 aliphatic heterocycles. The third-order valence-electron chi connectivity index (χ3n) is 4.62. The predicted octanol–water partition coefficient (Wildman–Crippen LogP) is 5.46. The maximum absolute atomic E-state index is 12.2. The summed E-state index contributed by atoms with van der Waals surface area (Å²) in [6, 6.07) is 12.4. The lowest BCUT2D eigenvalue weighted by Gasteiger charge is -2.08. The quantitative estimate of drug-likeness (QED) is 0.407. The summed E-state index contributed by atoms with van der Waals surface area (Å²) in [7, 11) is 0. The van der Waals surface area contributed by atoms with Crippen LogP contribution in [-0.4, -0.2) is 25.9 Å². The number of ether oxygens (including phenoxy) is 1. The standard InChI is InChI=1S/C21H18BrN5O2S/c1-12-13(2)26-27(14(12)3)19-8-9-20(25-24-19)29-17-6-4-16(5-7-17)23-21(28)18-10-15(22)11-30-18/h4-11H,1-3H3,(H,23,28). The maximum Gasteiger partial charge on any atom is 0.265 e. The smallest absolute Gasteiger partial charge is 0.265 e. The molecule has 0 atom stereocenters. The van der Waals surface area contributed by atoms with Crippen molar-refractivity contribution in [1.82, 2.24) is 20.0 Å². The highest BCUT2D eigenvalue weighted by atomic mass is 79.9. The summed E-state index contributed by atoms with van der Waals surface area (Å²) >= 11 is 4.73. The van der Waals surface area contributed by atoms with Crippen LogP contribution in [0.2, 0.25) is 0 Å². The third kappa shape index (κ3) is 4.27. The van der Waals surface area contributed by atoms with E-state index in [1.165, 1.54) is 11.3 Å². The van der Waals surface area contributed by atoms with Crippen LogP contribution in [0.15, 0.2) is 52.3 Å². The SMILES string of the molecule is Cc1nn(-c2ccc(Oc3ccc(NC(=O)c4cc(Br)cs4)cc3)nn2)c(C)c1C. The molecular weight excluding hydrogens is 466 g/mol. The van der Waals surface area contributed by atoms with Crippen LogP contribution < -0.4 is 10.1 Å². The average molecular weight is 484 g/mol. The lowest BCUT2D eigenvalue weighted by molar-refractivity contribution is 0.103. The zero-order valence-electron chi connectivity index (χ0n) is 16.5. The summed E-state index contributed by atoms with van der Waals surface area (Å²) in [5.74, 6) is 1.45. The lowest BCUT2D eigenvalue weighted by atomic mass is 10.2. The van der Waals surface area contributed by atoms with E-state index < -0.39 is 0 Å². The van der Waals surface area contributed by atoms with Crippen LogP contribution >= 0.6 is 27.3 Å². The zero-order chi connectivity index (χ0) is 21.3. The molecule has 3 aromatic heterocycles. The van der Waals surface area contributed by atoms with Crippen molar-refractivity contribution >= 4 is 38.9 Å². The Bertz CT molecular complexity index is 1200. The number of amides is 1. The van der Waals surface area contributed by atoms with E-state index in [-0.39, 0.29) is 5.91 Å². The van der Waals surface area contributed by atoms with Crippen molar-refractivity contribution in [3.63, 3.8) is 0 Å². The number of anilines is 1. The Labute approximate surface area is 185 Å². The van der Waals surface area contributed by atoms with E-state index in [1.54, 1.807) is 41.1 Å². The van der Waals surface area contributed by atoms with Gasteiger partial charge in [-0.15, -0.1) is 21.5 Å². The maximum atomic E-state index is 12.2. The number of thiophene rings is 1. The lowest BCUT2D eigenvalue weighted by Crippen LogP contribution is -2.09. The minimum Gasteiger partial charge on any atom is -0.438 e. The number of nitrogens with zero attached hydrogens (tertiary/aromatic N) is 4. The summed E-state index contributed by atoms with van der Waals surface area (Å²) in [5, 5.41) is 17.6. The molecule has 0 saturated carbocycles. The molecule has 0 aliphatic rings. The van der Waals surface area contributed by atoms with Crippen LogP contribution in [0, 0.1) is 20.8 Å². The number of aryl methyl sites for hydroxylation is 1. The van der Waals surface area contributed by atoms with Gasteiger partial charge in [-0.2, -0.15) is 5.10 Å². The molecule has 4 rings (SSSR count). The normalized spacial score (nSPS) is 10.8. The van der Waals surface area contributed by atoms with Crippen LogP contribution in [0.4, 0.5) is 5.69 Å². The number of hydrogen-bond donors (Lipinski definition) is 1. The minimum atomic E-state index is -0.153. The Balaban J connectivity index is 1.42. The Morgan fingerprint density at radius 2 is 1.87 bits per heavy atom.